The summed E-state index contributed by atoms with van der Waals surface area (Å²) in [5.41, 5.74) is 0. The fourth-order valence-corrected chi connectivity index (χ4v) is 1.04. The molecule has 0 aliphatic carbocycles. The summed E-state index contributed by atoms with van der Waals surface area (Å²) in [5, 5.41) is -2.86. The molecule has 1 nitrogen and oxygen atoms in total. The van der Waals surface area contributed by atoms with E-state index in [2.05, 4.69) is 17.2 Å². The van der Waals surface area contributed by atoms with Crippen LogP contribution in [-0.4, -0.2) is 28.9 Å². The molecule has 0 heterocycles. The molecule has 0 radical (unpaired) electrons. The lowest BCUT2D eigenvalue weighted by atomic mass is 10.7. The van der Waals surface area contributed by atoms with Gasteiger partial charge >= 0.3 is 11.4 Å². The molecule has 0 aromatic heterocycles. The van der Waals surface area contributed by atoms with E-state index in [-0.39, 0.29) is 6.54 Å². The molecule has 0 rings (SSSR count). The number of thioether (sulfide) groups is 1. The molecular weight excluding hydrogens is 233 g/mol. The smallest absolute Gasteiger partial charge is 0.232 e. The molecule has 0 N–H and O–H groups in total. The van der Waals surface area contributed by atoms with Crippen molar-refractivity contribution in [1.82, 2.24) is 0 Å². The number of alkyl halides is 5. The number of nitrogens with zero attached hydrogens (tertiary/aromatic N) is 1. The minimum absolute atomic E-state index is 0.195. The van der Waals surface area contributed by atoms with Crippen molar-refractivity contribution >= 4 is 29.1 Å². The van der Waals surface area contributed by atoms with E-state index in [1.807, 2.05) is 5.16 Å². The highest BCUT2D eigenvalue weighted by molar-refractivity contribution is 8.00. The average molecular weight is 237 g/mol. The Bertz CT molecular complexity index is 207. The zero-order valence-corrected chi connectivity index (χ0v) is 7.70. The van der Waals surface area contributed by atoms with E-state index >= 15 is 0 Å². The summed E-state index contributed by atoms with van der Waals surface area (Å²) in [5.74, 6) is -0.448. The van der Waals surface area contributed by atoms with Gasteiger partial charge in [-0.2, -0.15) is 22.0 Å². The third-order valence-electron chi connectivity index (χ3n) is 0.881. The number of hydrogen-bond acceptors (Lipinski definition) is 3. The number of halogens is 5. The zero-order valence-electron chi connectivity index (χ0n) is 6.07. The molecule has 76 valence electrons. The molecule has 0 fully saturated rings. The third kappa shape index (κ3) is 4.54. The zero-order chi connectivity index (χ0) is 10.5. The first-order valence-electron chi connectivity index (χ1n) is 2.93. The number of thiocarbonyl (C=S) groups is 1. The Morgan fingerprint density at radius 1 is 1.23 bits per heavy atom. The number of isothiocyanates is 1. The van der Waals surface area contributed by atoms with E-state index in [1.54, 1.807) is 0 Å². The molecule has 0 amide bonds. The molecule has 0 saturated carbocycles. The third-order valence-corrected chi connectivity index (χ3v) is 1.99. The Morgan fingerprint density at radius 3 is 2.15 bits per heavy atom. The van der Waals surface area contributed by atoms with Crippen LogP contribution >= 0.6 is 24.0 Å². The van der Waals surface area contributed by atoms with Crippen LogP contribution in [0.2, 0.25) is 0 Å². The second kappa shape index (κ2) is 4.88. The molecule has 0 atom stereocenters. The minimum Gasteiger partial charge on any atom is -0.232 e. The average Bonchev–Trinajstić information content (AvgIpc) is 1.96. The first-order chi connectivity index (χ1) is 5.81. The van der Waals surface area contributed by atoms with Gasteiger partial charge in [0, 0.05) is 5.75 Å². The second-order valence-electron chi connectivity index (χ2n) is 1.84. The van der Waals surface area contributed by atoms with Gasteiger partial charge in [-0.25, -0.2) is 4.99 Å². The van der Waals surface area contributed by atoms with E-state index in [0.29, 0.717) is 0 Å². The predicted octanol–water partition coefficient (Wildman–Crippen LogP) is 2.98. The van der Waals surface area contributed by atoms with Gasteiger partial charge in [-0.05, 0) is 12.2 Å². The van der Waals surface area contributed by atoms with Gasteiger partial charge in [-0.1, -0.05) is 11.8 Å². The highest BCUT2D eigenvalue weighted by Gasteiger charge is 2.57. The van der Waals surface area contributed by atoms with Gasteiger partial charge in [0.1, 0.15) is 0 Å². The molecule has 8 heteroatoms. The molecule has 0 aromatic rings. The maximum atomic E-state index is 12.1. The quantitative estimate of drug-likeness (QED) is 0.322. The van der Waals surface area contributed by atoms with Gasteiger partial charge in [-0.15, -0.1) is 0 Å². The van der Waals surface area contributed by atoms with Crippen LogP contribution in [0, 0.1) is 0 Å². The summed E-state index contributed by atoms with van der Waals surface area (Å²) in [6, 6.07) is 0. The summed E-state index contributed by atoms with van der Waals surface area (Å²) in [6.07, 6.45) is -5.51. The Hall–Kier alpha value is -0.200. The fourth-order valence-electron chi connectivity index (χ4n) is 0.347. The summed E-state index contributed by atoms with van der Waals surface area (Å²) in [6.45, 7) is -0.195. The van der Waals surface area contributed by atoms with Gasteiger partial charge in [0.05, 0.1) is 11.7 Å². The number of rotatable bonds is 4. The number of aliphatic imine (C=N–C) groups is 1. The molecule has 0 bridgehead atoms. The molecule has 0 saturated heterocycles. The Kier molecular flexibility index (Phi) is 4.80. The first kappa shape index (κ1) is 12.8. The lowest BCUT2D eigenvalue weighted by Gasteiger charge is -2.17. The lowest BCUT2D eigenvalue weighted by Crippen LogP contribution is -2.33. The normalized spacial score (nSPS) is 12.4. The van der Waals surface area contributed by atoms with Crippen molar-refractivity contribution in [2.75, 3.05) is 12.3 Å². The molecule has 0 aliphatic rings. The molecular formula is C5H4F5NS2. The second-order valence-corrected chi connectivity index (χ2v) is 3.23. The van der Waals surface area contributed by atoms with E-state index in [1.165, 1.54) is 0 Å². The van der Waals surface area contributed by atoms with Crippen molar-refractivity contribution in [2.45, 2.75) is 11.4 Å². The van der Waals surface area contributed by atoms with Crippen LogP contribution in [0.1, 0.15) is 0 Å². The van der Waals surface area contributed by atoms with Crippen molar-refractivity contribution in [3.63, 3.8) is 0 Å². The van der Waals surface area contributed by atoms with E-state index < -0.39 is 28.9 Å². The van der Waals surface area contributed by atoms with Gasteiger partial charge in [0.25, 0.3) is 0 Å². The van der Waals surface area contributed by atoms with Crippen LogP contribution in [0.3, 0.4) is 0 Å². The highest BCUT2D eigenvalue weighted by atomic mass is 32.2. The van der Waals surface area contributed by atoms with Crippen molar-refractivity contribution in [3.8, 4) is 0 Å². The highest BCUT2D eigenvalue weighted by Crippen LogP contribution is 2.43. The van der Waals surface area contributed by atoms with Gasteiger partial charge < -0.3 is 0 Å². The molecule has 13 heavy (non-hydrogen) atoms. The van der Waals surface area contributed by atoms with Crippen LogP contribution in [0.25, 0.3) is 0 Å². The Balaban J connectivity index is 3.96. The molecule has 0 aliphatic heterocycles. The summed E-state index contributed by atoms with van der Waals surface area (Å²) >= 11 is 3.58. The number of hydrogen-bond donors (Lipinski definition) is 0. The lowest BCUT2D eigenvalue weighted by molar-refractivity contribution is -0.237. The first-order valence-corrected chi connectivity index (χ1v) is 4.33. The van der Waals surface area contributed by atoms with E-state index in [9.17, 15) is 22.0 Å². The minimum atomic E-state index is -5.51. The van der Waals surface area contributed by atoms with Crippen LogP contribution < -0.4 is 0 Å². The largest absolute Gasteiger partial charge is 0.464 e. The maximum Gasteiger partial charge on any atom is 0.464 e. The van der Waals surface area contributed by atoms with Crippen LogP contribution in [0.5, 0.6) is 0 Å². The van der Waals surface area contributed by atoms with Crippen molar-refractivity contribution in [3.05, 3.63) is 0 Å². The van der Waals surface area contributed by atoms with Crippen LogP contribution in [0.15, 0.2) is 4.99 Å². The van der Waals surface area contributed by atoms with Gasteiger partial charge in [0.2, 0.25) is 0 Å². The fraction of sp³-hybridized carbons (Fsp3) is 0.800. The predicted molar refractivity (Wildman–Crippen MR) is 43.4 cm³/mol. The van der Waals surface area contributed by atoms with Crippen molar-refractivity contribution in [1.29, 1.82) is 0 Å². The summed E-state index contributed by atoms with van der Waals surface area (Å²) < 4.78 is 58.7. The van der Waals surface area contributed by atoms with Crippen molar-refractivity contribution < 1.29 is 22.0 Å². The molecule has 0 spiro atoms. The van der Waals surface area contributed by atoms with E-state index in [4.69, 9.17) is 0 Å². The van der Waals surface area contributed by atoms with Crippen LogP contribution in [-0.2, 0) is 0 Å². The van der Waals surface area contributed by atoms with Crippen LogP contribution in [0.4, 0.5) is 22.0 Å². The molecule has 0 aromatic carbocycles. The van der Waals surface area contributed by atoms with Gasteiger partial charge in [0.15, 0.2) is 0 Å². The summed E-state index contributed by atoms with van der Waals surface area (Å²) in [7, 11) is 0. The van der Waals surface area contributed by atoms with E-state index in [0.717, 1.165) is 0 Å². The monoisotopic (exact) mass is 237 g/mol. The van der Waals surface area contributed by atoms with Gasteiger partial charge in [-0.3, -0.25) is 0 Å². The maximum absolute atomic E-state index is 12.1. The standard InChI is InChI=1S/C5H4F5NS2/c6-4(7,8)5(9,10)13-2-1-11-3-12/h1-2H2. The SMILES string of the molecule is FC(F)(F)C(F)(F)SCCN=C=S. The topological polar surface area (TPSA) is 12.4 Å². The Labute approximate surface area is 80.4 Å². The Morgan fingerprint density at radius 2 is 1.77 bits per heavy atom. The van der Waals surface area contributed by atoms with Crippen molar-refractivity contribution in [2.24, 2.45) is 4.99 Å². The molecule has 0 unspecified atom stereocenters. The summed E-state index contributed by atoms with van der Waals surface area (Å²) in [4.78, 5) is 3.20.